The molecule has 6 rings (SSSR count). The van der Waals surface area contributed by atoms with Crippen molar-refractivity contribution in [2.24, 2.45) is 10.9 Å². The maximum absolute atomic E-state index is 5.01. The zero-order chi connectivity index (χ0) is 23.6. The second-order valence-corrected chi connectivity index (χ2v) is 12.7. The van der Waals surface area contributed by atoms with Gasteiger partial charge in [-0.2, -0.15) is 0 Å². The molecule has 0 spiro atoms. The van der Waals surface area contributed by atoms with Crippen molar-refractivity contribution in [2.45, 2.75) is 46.5 Å². The molecule has 5 aromatic rings. The van der Waals surface area contributed by atoms with Crippen molar-refractivity contribution in [1.29, 1.82) is 0 Å². The molecule has 1 aliphatic heterocycles. The predicted molar refractivity (Wildman–Crippen MR) is 153 cm³/mol. The first-order chi connectivity index (χ1) is 16.3. The Bertz CT molecular complexity index is 1590. The van der Waals surface area contributed by atoms with Crippen molar-refractivity contribution in [1.82, 2.24) is 0 Å². The van der Waals surface area contributed by atoms with E-state index in [2.05, 4.69) is 93.8 Å². The summed E-state index contributed by atoms with van der Waals surface area (Å²) in [4.78, 5) is 6.28. The Hall–Kier alpha value is -2.69. The number of rotatable bonds is 3. The molecular weight excluding hydrogens is 452 g/mol. The molecule has 0 fully saturated rings. The van der Waals surface area contributed by atoms with Gasteiger partial charge in [-0.05, 0) is 62.6 Å². The smallest absolute Gasteiger partial charge is 0.108 e. The highest BCUT2D eigenvalue weighted by molar-refractivity contribution is 7.28. The van der Waals surface area contributed by atoms with Gasteiger partial charge in [-0.3, -0.25) is 4.99 Å². The summed E-state index contributed by atoms with van der Waals surface area (Å²) >= 11 is 3.80. The number of hydrogen-bond acceptors (Lipinski definition) is 4. The minimum Gasteiger partial charge on any atom is -0.365 e. The Morgan fingerprint density at radius 2 is 1.76 bits per heavy atom. The van der Waals surface area contributed by atoms with Crippen molar-refractivity contribution in [3.8, 4) is 0 Å². The highest BCUT2D eigenvalue weighted by Crippen LogP contribution is 2.45. The number of thiophene rings is 2. The van der Waals surface area contributed by atoms with Gasteiger partial charge in [0, 0.05) is 10.9 Å². The molecule has 2 nitrogen and oxygen atoms in total. The summed E-state index contributed by atoms with van der Waals surface area (Å²) < 4.78 is 2.81. The lowest BCUT2D eigenvalue weighted by atomic mass is 9.82. The number of aliphatic imine (C=N–C) groups is 1. The lowest BCUT2D eigenvalue weighted by Gasteiger charge is -2.24. The standard InChI is InChI=1S/C30H30N2S2/c1-17(2)12-20-15-33-27-22(20)10-11-23-26-29(34-28(23)27)25(31-16-32-26)19-13-18-8-6-7-9-21(18)24(14-19)30(3,4)5/h6-11,13-15,17,32H,12,16H2,1-5H3. The number of nitrogens with zero attached hydrogens (tertiary/aromatic N) is 1. The molecule has 0 radical (unpaired) electrons. The topological polar surface area (TPSA) is 24.4 Å². The average Bonchev–Trinajstić information content (AvgIpc) is 3.38. The molecule has 0 unspecified atom stereocenters. The zero-order valence-corrected chi connectivity index (χ0v) is 22.1. The fourth-order valence-electron chi connectivity index (χ4n) is 5.20. The van der Waals surface area contributed by atoms with Crippen LogP contribution in [0.5, 0.6) is 0 Å². The molecule has 0 saturated carbocycles. The van der Waals surface area contributed by atoms with Gasteiger partial charge in [0.05, 0.1) is 25.7 Å². The molecular formula is C30H30N2S2. The van der Waals surface area contributed by atoms with Gasteiger partial charge in [0.15, 0.2) is 0 Å². The highest BCUT2D eigenvalue weighted by atomic mass is 32.1. The van der Waals surface area contributed by atoms with E-state index in [0.717, 1.165) is 12.1 Å². The molecule has 3 heterocycles. The SMILES string of the molecule is CC(C)Cc1csc2c1ccc1c3c(sc12)C(c1cc(C(C)(C)C)c2ccccc2c1)=NCN3. The van der Waals surface area contributed by atoms with Crippen LogP contribution in [0.3, 0.4) is 0 Å². The Morgan fingerprint density at radius 1 is 0.971 bits per heavy atom. The molecule has 0 saturated heterocycles. The number of nitrogens with one attached hydrogen (secondary N) is 1. The van der Waals surface area contributed by atoms with Crippen LogP contribution in [-0.4, -0.2) is 12.4 Å². The quantitative estimate of drug-likeness (QED) is 0.273. The number of anilines is 1. The Balaban J connectivity index is 1.55. The van der Waals surface area contributed by atoms with Crippen LogP contribution in [0.4, 0.5) is 5.69 Å². The van der Waals surface area contributed by atoms with E-state index in [1.165, 1.54) is 58.2 Å². The summed E-state index contributed by atoms with van der Waals surface area (Å²) in [6.07, 6.45) is 1.13. The van der Waals surface area contributed by atoms with Gasteiger partial charge in [-0.15, -0.1) is 22.7 Å². The monoisotopic (exact) mass is 482 g/mol. The number of benzene rings is 3. The van der Waals surface area contributed by atoms with Crippen LogP contribution in [0.2, 0.25) is 0 Å². The Morgan fingerprint density at radius 3 is 2.56 bits per heavy atom. The van der Waals surface area contributed by atoms with Crippen LogP contribution in [0.15, 0.2) is 58.9 Å². The maximum Gasteiger partial charge on any atom is 0.108 e. The van der Waals surface area contributed by atoms with Crippen molar-refractivity contribution >= 4 is 65.0 Å². The largest absolute Gasteiger partial charge is 0.365 e. The van der Waals surface area contributed by atoms with Crippen LogP contribution >= 0.6 is 22.7 Å². The molecule has 1 N–H and O–H groups in total. The fraction of sp³-hybridized carbons (Fsp3) is 0.300. The average molecular weight is 483 g/mol. The minimum absolute atomic E-state index is 0.0576. The third-order valence-electron chi connectivity index (χ3n) is 6.76. The fourth-order valence-corrected chi connectivity index (χ4v) is 7.75. The maximum atomic E-state index is 5.01. The van der Waals surface area contributed by atoms with Crippen molar-refractivity contribution in [3.05, 3.63) is 75.5 Å². The highest BCUT2D eigenvalue weighted by Gasteiger charge is 2.25. The van der Waals surface area contributed by atoms with Crippen LogP contribution in [0.1, 0.15) is 56.2 Å². The van der Waals surface area contributed by atoms with Crippen molar-refractivity contribution < 1.29 is 0 Å². The lowest BCUT2D eigenvalue weighted by Crippen LogP contribution is -2.17. The van der Waals surface area contributed by atoms with Crippen LogP contribution in [-0.2, 0) is 11.8 Å². The summed E-state index contributed by atoms with van der Waals surface area (Å²) in [5.74, 6) is 0.662. The van der Waals surface area contributed by atoms with Crippen LogP contribution in [0.25, 0.3) is 30.9 Å². The normalized spacial score (nSPS) is 14.1. The third kappa shape index (κ3) is 3.47. The molecule has 1 aliphatic rings. The number of hydrogen-bond donors (Lipinski definition) is 1. The summed E-state index contributed by atoms with van der Waals surface area (Å²) in [5, 5.41) is 11.3. The molecule has 0 bridgehead atoms. The second kappa shape index (κ2) is 7.93. The molecule has 34 heavy (non-hydrogen) atoms. The Labute approximate surface area is 209 Å². The molecule has 0 amide bonds. The van der Waals surface area contributed by atoms with Gasteiger partial charge in [0.2, 0.25) is 0 Å². The third-order valence-corrected chi connectivity index (χ3v) is 9.18. The van der Waals surface area contributed by atoms with E-state index in [1.54, 1.807) is 0 Å². The van der Waals surface area contributed by atoms with Crippen molar-refractivity contribution in [2.75, 3.05) is 12.0 Å². The first kappa shape index (κ1) is 21.8. The van der Waals surface area contributed by atoms with E-state index in [0.29, 0.717) is 12.6 Å². The van der Waals surface area contributed by atoms with E-state index < -0.39 is 0 Å². The van der Waals surface area contributed by atoms with Crippen molar-refractivity contribution in [3.63, 3.8) is 0 Å². The first-order valence-electron chi connectivity index (χ1n) is 12.1. The van der Waals surface area contributed by atoms with Gasteiger partial charge >= 0.3 is 0 Å². The van der Waals surface area contributed by atoms with Gasteiger partial charge in [-0.1, -0.05) is 71.0 Å². The van der Waals surface area contributed by atoms with Gasteiger partial charge in [0.25, 0.3) is 0 Å². The molecule has 0 atom stereocenters. The summed E-state index contributed by atoms with van der Waals surface area (Å²) in [5.41, 5.74) is 6.51. The second-order valence-electron chi connectivity index (χ2n) is 10.8. The van der Waals surface area contributed by atoms with E-state index in [-0.39, 0.29) is 5.41 Å². The van der Waals surface area contributed by atoms with Gasteiger partial charge < -0.3 is 5.32 Å². The molecule has 4 heteroatoms. The number of fused-ring (bicyclic) bond motifs is 6. The van der Waals surface area contributed by atoms with Gasteiger partial charge in [-0.25, -0.2) is 0 Å². The molecule has 2 aromatic heterocycles. The Kier molecular flexibility index (Phi) is 5.09. The molecule has 3 aromatic carbocycles. The van der Waals surface area contributed by atoms with Crippen LogP contribution < -0.4 is 5.32 Å². The van der Waals surface area contributed by atoms with E-state index in [4.69, 9.17) is 4.99 Å². The first-order valence-corrected chi connectivity index (χ1v) is 13.8. The lowest BCUT2D eigenvalue weighted by molar-refractivity contribution is 0.596. The molecule has 172 valence electrons. The van der Waals surface area contributed by atoms with E-state index >= 15 is 0 Å². The minimum atomic E-state index is 0.0576. The predicted octanol–water partition coefficient (Wildman–Crippen LogP) is 8.99. The van der Waals surface area contributed by atoms with E-state index in [1.807, 2.05) is 22.7 Å². The zero-order valence-electron chi connectivity index (χ0n) is 20.5. The van der Waals surface area contributed by atoms with Gasteiger partial charge in [0.1, 0.15) is 6.67 Å². The summed E-state index contributed by atoms with van der Waals surface area (Å²) in [6.45, 7) is 12.1. The summed E-state index contributed by atoms with van der Waals surface area (Å²) in [7, 11) is 0. The van der Waals surface area contributed by atoms with E-state index in [9.17, 15) is 0 Å². The van der Waals surface area contributed by atoms with Crippen LogP contribution in [0, 0.1) is 5.92 Å². The summed E-state index contributed by atoms with van der Waals surface area (Å²) in [6, 6.07) is 18.1. The molecule has 0 aliphatic carbocycles.